The number of hydrogen-bond donors (Lipinski definition) is 2. The Morgan fingerprint density at radius 1 is 1.40 bits per heavy atom. The summed E-state index contributed by atoms with van der Waals surface area (Å²) in [6, 6.07) is 5.17. The lowest BCUT2D eigenvalue weighted by Crippen LogP contribution is -2.60. The summed E-state index contributed by atoms with van der Waals surface area (Å²) in [7, 11) is 0. The molecule has 108 valence electrons. The van der Waals surface area contributed by atoms with Crippen molar-refractivity contribution in [1.29, 1.82) is 0 Å². The van der Waals surface area contributed by atoms with Gasteiger partial charge >= 0.3 is 0 Å². The smallest absolute Gasteiger partial charge is 0.244 e. The Morgan fingerprint density at radius 2 is 2.00 bits per heavy atom. The molecule has 0 saturated heterocycles. The summed E-state index contributed by atoms with van der Waals surface area (Å²) >= 11 is 12.0. The highest BCUT2D eigenvalue weighted by molar-refractivity contribution is 6.37. The number of aliphatic hydroxyl groups is 1. The maximum Gasteiger partial charge on any atom is 0.244 e. The molecule has 0 spiro atoms. The van der Waals surface area contributed by atoms with Gasteiger partial charge in [0.25, 0.3) is 0 Å². The van der Waals surface area contributed by atoms with Crippen LogP contribution in [0, 0.1) is 5.41 Å². The van der Waals surface area contributed by atoms with Crippen LogP contribution >= 0.6 is 23.2 Å². The summed E-state index contributed by atoms with van der Waals surface area (Å²) < 4.78 is 0. The number of aliphatic hydroxyl groups excluding tert-OH is 1. The maximum atomic E-state index is 11.9. The van der Waals surface area contributed by atoms with Gasteiger partial charge in [0.15, 0.2) is 0 Å². The molecule has 1 aliphatic carbocycles. The third kappa shape index (κ3) is 3.00. The molecule has 5 heteroatoms. The zero-order chi connectivity index (χ0) is 14.9. The molecular weight excluding hydrogens is 297 g/mol. The molecule has 0 heterocycles. The molecule has 2 N–H and O–H groups in total. The highest BCUT2D eigenvalue weighted by Gasteiger charge is 2.47. The first kappa shape index (κ1) is 15.4. The largest absolute Gasteiger partial charge is 0.392 e. The van der Waals surface area contributed by atoms with Crippen LogP contribution in [0.4, 0.5) is 0 Å². The van der Waals surface area contributed by atoms with Crippen LogP contribution in [-0.2, 0) is 4.79 Å². The molecule has 1 amide bonds. The van der Waals surface area contributed by atoms with Gasteiger partial charge in [-0.1, -0.05) is 43.1 Å². The summed E-state index contributed by atoms with van der Waals surface area (Å²) in [4.78, 5) is 11.9. The average Bonchev–Trinajstić information content (AvgIpc) is 2.38. The fourth-order valence-electron chi connectivity index (χ4n) is 2.20. The first-order valence-electron chi connectivity index (χ1n) is 6.43. The topological polar surface area (TPSA) is 49.3 Å². The van der Waals surface area contributed by atoms with Crippen molar-refractivity contribution in [1.82, 2.24) is 5.32 Å². The van der Waals surface area contributed by atoms with Crippen LogP contribution in [-0.4, -0.2) is 23.2 Å². The minimum absolute atomic E-state index is 0.0173. The van der Waals surface area contributed by atoms with E-state index in [0.29, 0.717) is 22.0 Å². The first-order valence-corrected chi connectivity index (χ1v) is 7.18. The van der Waals surface area contributed by atoms with Crippen molar-refractivity contribution in [2.75, 3.05) is 0 Å². The van der Waals surface area contributed by atoms with E-state index >= 15 is 0 Å². The lowest BCUT2D eigenvalue weighted by molar-refractivity contribution is -0.124. The van der Waals surface area contributed by atoms with Gasteiger partial charge in [0.05, 0.1) is 6.10 Å². The van der Waals surface area contributed by atoms with E-state index < -0.39 is 0 Å². The van der Waals surface area contributed by atoms with Crippen LogP contribution in [0.2, 0.25) is 10.0 Å². The molecule has 0 aliphatic heterocycles. The molecule has 1 aliphatic rings. The van der Waals surface area contributed by atoms with Crippen molar-refractivity contribution < 1.29 is 9.90 Å². The quantitative estimate of drug-likeness (QED) is 0.841. The van der Waals surface area contributed by atoms with Gasteiger partial charge in [-0.3, -0.25) is 4.79 Å². The van der Waals surface area contributed by atoms with E-state index in [2.05, 4.69) is 5.32 Å². The number of nitrogens with one attached hydrogen (secondary N) is 1. The fourth-order valence-corrected chi connectivity index (χ4v) is 2.72. The van der Waals surface area contributed by atoms with Crippen LogP contribution < -0.4 is 5.32 Å². The molecule has 0 radical (unpaired) electrons. The molecule has 1 aromatic rings. The molecule has 2 atom stereocenters. The van der Waals surface area contributed by atoms with Crippen LogP contribution in [0.1, 0.15) is 25.8 Å². The normalized spacial score (nSPS) is 24.4. The molecule has 20 heavy (non-hydrogen) atoms. The average molecular weight is 314 g/mol. The molecular formula is C15H17Cl2NO2. The summed E-state index contributed by atoms with van der Waals surface area (Å²) in [5.74, 6) is -0.217. The molecule has 1 aromatic carbocycles. The van der Waals surface area contributed by atoms with E-state index in [-0.39, 0.29) is 23.5 Å². The van der Waals surface area contributed by atoms with Crippen molar-refractivity contribution in [3.05, 3.63) is 39.9 Å². The summed E-state index contributed by atoms with van der Waals surface area (Å²) in [6.45, 7) is 3.86. The summed E-state index contributed by atoms with van der Waals surface area (Å²) in [5, 5.41) is 13.5. The van der Waals surface area contributed by atoms with Gasteiger partial charge in [-0.25, -0.2) is 0 Å². The van der Waals surface area contributed by atoms with Crippen LogP contribution in [0.3, 0.4) is 0 Å². The van der Waals surface area contributed by atoms with Crippen molar-refractivity contribution >= 4 is 35.2 Å². The highest BCUT2D eigenvalue weighted by atomic mass is 35.5. The van der Waals surface area contributed by atoms with Crippen molar-refractivity contribution in [2.45, 2.75) is 32.4 Å². The Kier molecular flexibility index (Phi) is 4.43. The van der Waals surface area contributed by atoms with E-state index in [1.54, 1.807) is 24.3 Å². The minimum Gasteiger partial charge on any atom is -0.392 e. The number of carbonyl (C=O) groups excluding carboxylic acids is 1. The highest BCUT2D eigenvalue weighted by Crippen LogP contribution is 2.40. The van der Waals surface area contributed by atoms with E-state index in [4.69, 9.17) is 23.2 Å². The SMILES string of the molecule is CC1(C)C(O)CC1NC(=O)/C=C/c1c(Cl)cccc1Cl. The van der Waals surface area contributed by atoms with E-state index in [0.717, 1.165) is 0 Å². The van der Waals surface area contributed by atoms with E-state index in [1.165, 1.54) is 6.08 Å². The van der Waals surface area contributed by atoms with Gasteiger partial charge in [0, 0.05) is 33.1 Å². The number of amides is 1. The number of halogens is 2. The zero-order valence-corrected chi connectivity index (χ0v) is 12.9. The standard InChI is InChI=1S/C15H17Cl2NO2/c1-15(2)12(8-13(15)19)18-14(20)7-6-9-10(16)4-3-5-11(9)17/h3-7,12-13,19H,8H2,1-2H3,(H,18,20)/b7-6+. The number of hydrogen-bond acceptors (Lipinski definition) is 2. The van der Waals surface area contributed by atoms with Crippen molar-refractivity contribution in [3.8, 4) is 0 Å². The van der Waals surface area contributed by atoms with Crippen molar-refractivity contribution in [3.63, 3.8) is 0 Å². The Labute approximate surface area is 128 Å². The Bertz CT molecular complexity index is 535. The zero-order valence-electron chi connectivity index (χ0n) is 11.4. The molecule has 3 nitrogen and oxygen atoms in total. The fraction of sp³-hybridized carbons (Fsp3) is 0.400. The van der Waals surface area contributed by atoms with Gasteiger partial charge in [-0.15, -0.1) is 0 Å². The van der Waals surface area contributed by atoms with Gasteiger partial charge in [0.1, 0.15) is 0 Å². The Morgan fingerprint density at radius 3 is 2.50 bits per heavy atom. The molecule has 1 saturated carbocycles. The Balaban J connectivity index is 2.00. The second-order valence-electron chi connectivity index (χ2n) is 5.60. The molecule has 0 bridgehead atoms. The van der Waals surface area contributed by atoms with Crippen LogP contribution in [0.25, 0.3) is 6.08 Å². The van der Waals surface area contributed by atoms with E-state index in [9.17, 15) is 9.90 Å². The maximum absolute atomic E-state index is 11.9. The molecule has 2 rings (SSSR count). The summed E-state index contributed by atoms with van der Waals surface area (Å²) in [5.41, 5.74) is 0.338. The molecule has 0 aromatic heterocycles. The Hall–Kier alpha value is -1.03. The predicted molar refractivity (Wildman–Crippen MR) is 81.8 cm³/mol. The molecule has 1 fully saturated rings. The lowest BCUT2D eigenvalue weighted by Gasteiger charge is -2.49. The van der Waals surface area contributed by atoms with Crippen molar-refractivity contribution in [2.24, 2.45) is 5.41 Å². The second-order valence-corrected chi connectivity index (χ2v) is 6.42. The first-order chi connectivity index (χ1) is 9.32. The van der Waals surface area contributed by atoms with Gasteiger partial charge in [0.2, 0.25) is 5.91 Å². The van der Waals surface area contributed by atoms with E-state index in [1.807, 2.05) is 13.8 Å². The second kappa shape index (κ2) is 5.76. The van der Waals surface area contributed by atoms with Gasteiger partial charge in [-0.05, 0) is 24.6 Å². The summed E-state index contributed by atoms with van der Waals surface area (Å²) in [6.07, 6.45) is 3.23. The molecule has 2 unspecified atom stereocenters. The predicted octanol–water partition coefficient (Wildman–Crippen LogP) is 3.28. The number of rotatable bonds is 3. The van der Waals surface area contributed by atoms with Gasteiger partial charge < -0.3 is 10.4 Å². The third-order valence-electron chi connectivity index (χ3n) is 3.93. The minimum atomic E-state index is -0.366. The van der Waals surface area contributed by atoms with Crippen LogP contribution in [0.15, 0.2) is 24.3 Å². The monoisotopic (exact) mass is 313 g/mol. The van der Waals surface area contributed by atoms with Crippen LogP contribution in [0.5, 0.6) is 0 Å². The number of carbonyl (C=O) groups is 1. The lowest BCUT2D eigenvalue weighted by atomic mass is 9.64. The number of benzene rings is 1. The third-order valence-corrected chi connectivity index (χ3v) is 4.59. The van der Waals surface area contributed by atoms with Gasteiger partial charge in [-0.2, -0.15) is 0 Å².